The van der Waals surface area contributed by atoms with E-state index in [1.54, 1.807) is 0 Å². The Balaban J connectivity index is 5.22. The van der Waals surface area contributed by atoms with Gasteiger partial charge < -0.3 is 30.1 Å². The first kappa shape index (κ1) is 36.8. The molecule has 0 fully saturated rings. The Morgan fingerprint density at radius 3 is 1.67 bits per heavy atom. The van der Waals surface area contributed by atoms with Crippen molar-refractivity contribution in [2.75, 3.05) is 6.61 Å². The molecule has 0 aromatic heterocycles. The number of esters is 2. The smallest absolute Gasteiger partial charge is 0.328 e. The van der Waals surface area contributed by atoms with Crippen LogP contribution in [0.4, 0.5) is 0 Å². The number of ether oxygens (including phenoxy) is 2. The van der Waals surface area contributed by atoms with Crippen molar-refractivity contribution in [2.24, 2.45) is 17.8 Å². The molecule has 0 heterocycles. The maximum Gasteiger partial charge on any atom is 0.328 e. The maximum absolute atomic E-state index is 12.9. The second-order valence-corrected chi connectivity index (χ2v) is 11.8. The Labute approximate surface area is 234 Å². The van der Waals surface area contributed by atoms with Crippen molar-refractivity contribution >= 4 is 23.8 Å². The van der Waals surface area contributed by atoms with E-state index in [1.807, 2.05) is 27.7 Å². The number of amides is 1. The van der Waals surface area contributed by atoms with Crippen molar-refractivity contribution in [2.45, 2.75) is 137 Å². The third kappa shape index (κ3) is 20.4. The van der Waals surface area contributed by atoms with Gasteiger partial charge in [-0.3, -0.25) is 14.4 Å². The van der Waals surface area contributed by atoms with Crippen LogP contribution in [0.5, 0.6) is 0 Å². The number of hydrogen-bond acceptors (Lipinski definition) is 8. The van der Waals surface area contributed by atoms with Crippen molar-refractivity contribution in [1.29, 1.82) is 0 Å². The molecule has 0 radical (unpaired) electrons. The van der Waals surface area contributed by atoms with Crippen molar-refractivity contribution in [3.05, 3.63) is 0 Å². The largest absolute Gasteiger partial charge is 0.480 e. The van der Waals surface area contributed by atoms with Crippen LogP contribution in [0.3, 0.4) is 0 Å². The number of carboxylic acid groups (broad SMARTS) is 1. The second kappa shape index (κ2) is 20.7. The molecule has 0 aromatic carbocycles. The van der Waals surface area contributed by atoms with Crippen LogP contribution in [0.25, 0.3) is 0 Å². The SMILES string of the molecule is CC(C)CCCC[C@H](CC(=O)N[C@H](CO)C(=O)O)OC(=O)C[C@@H](CCC(C)C)OC(=O)C[C@H](O)CCC(C)C. The number of hydrogen-bond donors (Lipinski definition) is 4. The van der Waals surface area contributed by atoms with Crippen LogP contribution >= 0.6 is 0 Å². The highest BCUT2D eigenvalue weighted by atomic mass is 16.6. The molecule has 10 nitrogen and oxygen atoms in total. The Bertz CT molecular complexity index is 724. The number of aliphatic hydroxyl groups is 2. The van der Waals surface area contributed by atoms with Crippen LogP contribution in [0.2, 0.25) is 0 Å². The zero-order valence-corrected chi connectivity index (χ0v) is 24.8. The molecule has 0 aliphatic heterocycles. The molecular weight excluding hydrogens is 506 g/mol. The molecule has 0 aliphatic carbocycles. The first-order valence-corrected chi connectivity index (χ1v) is 14.4. The summed E-state index contributed by atoms with van der Waals surface area (Å²) in [6.45, 7) is 11.6. The average Bonchev–Trinajstić information content (AvgIpc) is 2.81. The number of carbonyl (C=O) groups excluding carboxylic acids is 3. The zero-order valence-electron chi connectivity index (χ0n) is 24.8. The molecule has 0 bridgehead atoms. The lowest BCUT2D eigenvalue weighted by Gasteiger charge is -2.22. The molecule has 4 N–H and O–H groups in total. The first-order valence-electron chi connectivity index (χ1n) is 14.4. The van der Waals surface area contributed by atoms with Gasteiger partial charge in [-0.2, -0.15) is 0 Å². The van der Waals surface area contributed by atoms with Gasteiger partial charge in [0, 0.05) is 0 Å². The number of aliphatic hydroxyl groups excluding tert-OH is 2. The normalized spacial score (nSPS) is 14.6. The number of nitrogens with one attached hydrogen (secondary N) is 1. The number of aliphatic carboxylic acids is 1. The van der Waals surface area contributed by atoms with Gasteiger partial charge in [-0.1, -0.05) is 54.4 Å². The minimum absolute atomic E-state index is 0.145. The van der Waals surface area contributed by atoms with Crippen LogP contribution in [-0.2, 0) is 28.7 Å². The van der Waals surface area contributed by atoms with Gasteiger partial charge in [0.2, 0.25) is 5.91 Å². The van der Waals surface area contributed by atoms with E-state index in [0.717, 1.165) is 25.7 Å². The van der Waals surface area contributed by atoms with Gasteiger partial charge in [-0.15, -0.1) is 0 Å². The van der Waals surface area contributed by atoms with Gasteiger partial charge >= 0.3 is 17.9 Å². The molecule has 0 aliphatic rings. The molecule has 0 unspecified atom stereocenters. The Hall–Kier alpha value is -2.20. The summed E-state index contributed by atoms with van der Waals surface area (Å²) in [4.78, 5) is 48.9. The molecule has 228 valence electrons. The number of carboxylic acids is 1. The lowest BCUT2D eigenvalue weighted by molar-refractivity contribution is -0.160. The third-order valence-electron chi connectivity index (χ3n) is 6.32. The van der Waals surface area contributed by atoms with Gasteiger partial charge in [-0.25, -0.2) is 4.79 Å². The fourth-order valence-electron chi connectivity index (χ4n) is 3.97. The molecular formula is C29H53NO9. The summed E-state index contributed by atoms with van der Waals surface area (Å²) in [5.41, 5.74) is 0. The summed E-state index contributed by atoms with van der Waals surface area (Å²) in [7, 11) is 0. The Kier molecular flexibility index (Phi) is 19.5. The minimum Gasteiger partial charge on any atom is -0.480 e. The molecule has 1 amide bonds. The predicted octanol–water partition coefficient (Wildman–Crippen LogP) is 3.99. The van der Waals surface area contributed by atoms with E-state index in [-0.39, 0.29) is 19.3 Å². The van der Waals surface area contributed by atoms with Gasteiger partial charge in [0.25, 0.3) is 0 Å². The molecule has 0 saturated heterocycles. The van der Waals surface area contributed by atoms with Gasteiger partial charge in [0.1, 0.15) is 18.2 Å². The maximum atomic E-state index is 12.9. The van der Waals surface area contributed by atoms with Crippen LogP contribution < -0.4 is 5.32 Å². The first-order chi connectivity index (χ1) is 18.2. The minimum atomic E-state index is -1.44. The van der Waals surface area contributed by atoms with E-state index in [1.165, 1.54) is 0 Å². The molecule has 0 rings (SSSR count). The van der Waals surface area contributed by atoms with E-state index in [0.29, 0.717) is 43.4 Å². The van der Waals surface area contributed by atoms with Gasteiger partial charge in [0.05, 0.1) is 32.0 Å². The third-order valence-corrected chi connectivity index (χ3v) is 6.32. The molecule has 39 heavy (non-hydrogen) atoms. The average molecular weight is 560 g/mol. The molecule has 4 atom stereocenters. The highest BCUT2D eigenvalue weighted by Gasteiger charge is 2.26. The molecule has 0 spiro atoms. The fourth-order valence-corrected chi connectivity index (χ4v) is 3.97. The summed E-state index contributed by atoms with van der Waals surface area (Å²) in [6.07, 6.45) is 2.58. The monoisotopic (exact) mass is 559 g/mol. The van der Waals surface area contributed by atoms with Crippen LogP contribution in [0.1, 0.15) is 112 Å². The van der Waals surface area contributed by atoms with Crippen LogP contribution in [-0.4, -0.2) is 70.1 Å². The van der Waals surface area contributed by atoms with E-state index in [9.17, 15) is 29.4 Å². The lowest BCUT2D eigenvalue weighted by Crippen LogP contribution is -2.44. The summed E-state index contributed by atoms with van der Waals surface area (Å²) in [5.74, 6) is -1.95. The summed E-state index contributed by atoms with van der Waals surface area (Å²) >= 11 is 0. The predicted molar refractivity (Wildman–Crippen MR) is 148 cm³/mol. The van der Waals surface area contributed by atoms with Gasteiger partial charge in [0.15, 0.2) is 0 Å². The highest BCUT2D eigenvalue weighted by molar-refractivity contribution is 5.84. The zero-order chi connectivity index (χ0) is 30.0. The van der Waals surface area contributed by atoms with E-state index < -0.39 is 54.8 Å². The summed E-state index contributed by atoms with van der Waals surface area (Å²) < 4.78 is 11.2. The highest BCUT2D eigenvalue weighted by Crippen LogP contribution is 2.19. The number of unbranched alkanes of at least 4 members (excludes halogenated alkanes) is 1. The Morgan fingerprint density at radius 1 is 0.667 bits per heavy atom. The molecule has 10 heteroatoms. The lowest BCUT2D eigenvalue weighted by atomic mass is 10.0. The van der Waals surface area contributed by atoms with Crippen molar-refractivity contribution < 1.29 is 44.0 Å². The molecule has 0 aromatic rings. The summed E-state index contributed by atoms with van der Waals surface area (Å²) in [5, 5.41) is 30.7. The van der Waals surface area contributed by atoms with Crippen LogP contribution in [0, 0.1) is 17.8 Å². The van der Waals surface area contributed by atoms with Crippen molar-refractivity contribution in [1.82, 2.24) is 5.32 Å². The second-order valence-electron chi connectivity index (χ2n) is 11.8. The van der Waals surface area contributed by atoms with Crippen molar-refractivity contribution in [3.63, 3.8) is 0 Å². The summed E-state index contributed by atoms with van der Waals surface area (Å²) in [6, 6.07) is -1.44. The fraction of sp³-hybridized carbons (Fsp3) is 0.862. The standard InChI is InChI=1S/C29H53NO9/c1-19(2)9-7-8-10-23(16-26(33)30-25(18-31)29(36)37)38-28(35)17-24(14-12-21(5)6)39-27(34)15-22(32)13-11-20(3)4/h19-25,31-32H,7-18H2,1-6H3,(H,30,33)(H,36,37)/t22-,23-,24-,25-/m1/s1. The van der Waals surface area contributed by atoms with Gasteiger partial charge in [-0.05, 0) is 56.3 Å². The van der Waals surface area contributed by atoms with E-state index in [2.05, 4.69) is 19.2 Å². The Morgan fingerprint density at radius 2 is 1.15 bits per heavy atom. The number of rotatable bonds is 22. The number of carbonyl (C=O) groups is 4. The van der Waals surface area contributed by atoms with Crippen molar-refractivity contribution in [3.8, 4) is 0 Å². The van der Waals surface area contributed by atoms with E-state index in [4.69, 9.17) is 14.6 Å². The topological polar surface area (TPSA) is 159 Å². The van der Waals surface area contributed by atoms with Crippen LogP contribution in [0.15, 0.2) is 0 Å². The molecule has 0 saturated carbocycles. The van der Waals surface area contributed by atoms with E-state index >= 15 is 0 Å². The quantitative estimate of drug-likeness (QED) is 0.114.